The van der Waals surface area contributed by atoms with Crippen molar-refractivity contribution in [2.75, 3.05) is 13.7 Å². The smallest absolute Gasteiger partial charge is 0.163 e. The summed E-state index contributed by atoms with van der Waals surface area (Å²) < 4.78 is 31.5. The molecular formula is C28H38N4O3SSi. The molecule has 0 saturated carbocycles. The van der Waals surface area contributed by atoms with E-state index >= 15 is 0 Å². The highest BCUT2D eigenvalue weighted by Gasteiger charge is 2.27. The van der Waals surface area contributed by atoms with Crippen molar-refractivity contribution in [3.8, 4) is 11.8 Å². The molecule has 0 aliphatic heterocycles. The van der Waals surface area contributed by atoms with Gasteiger partial charge < -0.3 is 9.47 Å². The van der Waals surface area contributed by atoms with Crippen molar-refractivity contribution in [3.05, 3.63) is 58.4 Å². The number of methoxy groups -OCH3 is 1. The van der Waals surface area contributed by atoms with E-state index in [-0.39, 0.29) is 6.73 Å². The van der Waals surface area contributed by atoms with Gasteiger partial charge in [-0.15, -0.1) is 0 Å². The summed E-state index contributed by atoms with van der Waals surface area (Å²) in [7, 11) is -1.20. The molecule has 0 spiro atoms. The van der Waals surface area contributed by atoms with Gasteiger partial charge in [0.1, 0.15) is 29.2 Å². The van der Waals surface area contributed by atoms with Gasteiger partial charge in [-0.2, -0.15) is 9.66 Å². The number of aromatic nitrogens is 2. The number of hydrogen-bond donors (Lipinski definition) is 0. The third-order valence-electron chi connectivity index (χ3n) is 5.90. The van der Waals surface area contributed by atoms with Crippen molar-refractivity contribution < 1.29 is 13.7 Å². The van der Waals surface area contributed by atoms with Crippen LogP contribution in [0, 0.1) is 25.2 Å². The molecule has 0 N–H and O–H groups in total. The van der Waals surface area contributed by atoms with Crippen molar-refractivity contribution >= 4 is 35.8 Å². The van der Waals surface area contributed by atoms with E-state index in [0.29, 0.717) is 35.0 Å². The van der Waals surface area contributed by atoms with E-state index < -0.39 is 23.8 Å². The quantitative estimate of drug-likeness (QED) is 0.185. The highest BCUT2D eigenvalue weighted by atomic mass is 32.2. The second kappa shape index (κ2) is 11.3. The zero-order valence-corrected chi connectivity index (χ0v) is 25.2. The van der Waals surface area contributed by atoms with Crippen LogP contribution in [0.4, 0.5) is 0 Å². The van der Waals surface area contributed by atoms with E-state index in [1.54, 1.807) is 19.2 Å². The Bertz CT molecular complexity index is 1390. The summed E-state index contributed by atoms with van der Waals surface area (Å²) in [6.07, 6.45) is 0. The number of nitriles is 1. The highest BCUT2D eigenvalue weighted by molar-refractivity contribution is 7.85. The molecule has 2 aromatic carbocycles. The monoisotopic (exact) mass is 538 g/mol. The Hall–Kier alpha value is -2.80. The van der Waals surface area contributed by atoms with Gasteiger partial charge >= 0.3 is 0 Å². The third-order valence-corrected chi connectivity index (χ3v) is 9.00. The molecule has 37 heavy (non-hydrogen) atoms. The summed E-state index contributed by atoms with van der Waals surface area (Å²) in [4.78, 5) is 4.92. The molecule has 1 atom stereocenters. The minimum atomic E-state index is -1.56. The van der Waals surface area contributed by atoms with Gasteiger partial charge in [0.25, 0.3) is 0 Å². The van der Waals surface area contributed by atoms with Crippen LogP contribution in [0.15, 0.2) is 34.7 Å². The Morgan fingerprint density at radius 1 is 1.19 bits per heavy atom. The van der Waals surface area contributed by atoms with Crippen LogP contribution in [-0.4, -0.2) is 46.0 Å². The summed E-state index contributed by atoms with van der Waals surface area (Å²) >= 11 is 0. The zero-order valence-electron chi connectivity index (χ0n) is 23.4. The molecule has 3 aromatic rings. The van der Waals surface area contributed by atoms with Crippen LogP contribution in [0.1, 0.15) is 48.8 Å². The summed E-state index contributed by atoms with van der Waals surface area (Å²) in [5.74, 6) is 1.17. The van der Waals surface area contributed by atoms with E-state index in [1.165, 1.54) is 0 Å². The maximum absolute atomic E-state index is 13.4. The molecule has 1 aromatic heterocycles. The van der Waals surface area contributed by atoms with Crippen LogP contribution in [-0.2, 0) is 22.5 Å². The first-order valence-electron chi connectivity index (χ1n) is 12.4. The summed E-state index contributed by atoms with van der Waals surface area (Å²) in [5.41, 5.74) is 5.20. The van der Waals surface area contributed by atoms with Gasteiger partial charge in [0, 0.05) is 20.2 Å². The predicted octanol–water partition coefficient (Wildman–Crippen LogP) is 6.15. The molecule has 3 rings (SSSR count). The van der Waals surface area contributed by atoms with E-state index in [1.807, 2.05) is 51.3 Å². The number of ether oxygens (including phenoxy) is 2. The lowest BCUT2D eigenvalue weighted by Gasteiger charge is -2.20. The fourth-order valence-electron chi connectivity index (χ4n) is 3.86. The van der Waals surface area contributed by atoms with Crippen LogP contribution < -0.4 is 4.74 Å². The normalized spacial score (nSPS) is 13.6. The van der Waals surface area contributed by atoms with Crippen molar-refractivity contribution in [2.45, 2.75) is 71.8 Å². The first kappa shape index (κ1) is 28.8. The van der Waals surface area contributed by atoms with Crippen molar-refractivity contribution in [3.63, 3.8) is 0 Å². The Morgan fingerprint density at radius 3 is 2.49 bits per heavy atom. The molecule has 0 amide bonds. The minimum absolute atomic E-state index is 0.261. The molecule has 0 radical (unpaired) electrons. The lowest BCUT2D eigenvalue weighted by Crippen LogP contribution is -2.24. The van der Waals surface area contributed by atoms with Gasteiger partial charge in [-0.3, -0.25) is 4.57 Å². The Morgan fingerprint density at radius 2 is 1.89 bits per heavy atom. The van der Waals surface area contributed by atoms with E-state index in [9.17, 15) is 9.47 Å². The van der Waals surface area contributed by atoms with Gasteiger partial charge in [-0.05, 0) is 76.1 Å². The van der Waals surface area contributed by atoms with Gasteiger partial charge in [-0.25, -0.2) is 9.19 Å². The largest absolute Gasteiger partial charge is 0.496 e. The fraction of sp³-hybridized carbons (Fsp3) is 0.464. The van der Waals surface area contributed by atoms with Crippen LogP contribution >= 0.6 is 0 Å². The number of aryl methyl sites for hydroxylation is 2. The lowest BCUT2D eigenvalue weighted by atomic mass is 9.99. The van der Waals surface area contributed by atoms with Crippen molar-refractivity contribution in [1.29, 1.82) is 5.26 Å². The molecule has 0 bridgehead atoms. The minimum Gasteiger partial charge on any atom is -0.496 e. The molecule has 9 heteroatoms. The lowest BCUT2D eigenvalue weighted by molar-refractivity contribution is 0.0895. The molecule has 0 saturated heterocycles. The molecule has 7 nitrogen and oxygen atoms in total. The molecule has 198 valence electrons. The zero-order chi connectivity index (χ0) is 27.5. The van der Waals surface area contributed by atoms with Crippen molar-refractivity contribution in [1.82, 2.24) is 9.55 Å². The number of hydrogen-bond acceptors (Lipinski definition) is 5. The van der Waals surface area contributed by atoms with Gasteiger partial charge in [0.2, 0.25) is 0 Å². The summed E-state index contributed by atoms with van der Waals surface area (Å²) in [6, 6.07) is 12.6. The first-order chi connectivity index (χ1) is 17.2. The molecule has 0 aliphatic rings. The second-order valence-electron chi connectivity index (χ2n) is 11.5. The van der Waals surface area contributed by atoms with E-state index in [2.05, 4.69) is 31.8 Å². The van der Waals surface area contributed by atoms with Crippen LogP contribution in [0.25, 0.3) is 11.0 Å². The highest BCUT2D eigenvalue weighted by Crippen LogP contribution is 2.30. The molecule has 0 aliphatic carbocycles. The van der Waals surface area contributed by atoms with Crippen LogP contribution in [0.5, 0.6) is 5.75 Å². The van der Waals surface area contributed by atoms with E-state index in [0.717, 1.165) is 28.3 Å². The van der Waals surface area contributed by atoms with Gasteiger partial charge in [-0.1, -0.05) is 25.7 Å². The Balaban J connectivity index is 2.29. The van der Waals surface area contributed by atoms with E-state index in [4.69, 9.17) is 18.9 Å². The topological polar surface area (TPSA) is 89.5 Å². The SMILES string of the molecule is COc1cc(C)cc(C)c1C(=NS(=O)C(C)(C)C)c1nc2cc(C#N)ccc2n1COCC[Si](C)(C)C. The maximum Gasteiger partial charge on any atom is 0.163 e. The van der Waals surface area contributed by atoms with Crippen LogP contribution in [0.2, 0.25) is 25.7 Å². The Labute approximate surface area is 224 Å². The predicted molar refractivity (Wildman–Crippen MR) is 155 cm³/mol. The average molecular weight is 539 g/mol. The maximum atomic E-state index is 13.4. The Kier molecular flexibility index (Phi) is 8.78. The summed E-state index contributed by atoms with van der Waals surface area (Å²) in [5, 5.41) is 9.46. The molecule has 0 fully saturated rings. The first-order valence-corrected chi connectivity index (χ1v) is 17.2. The number of benzene rings is 2. The second-order valence-corrected chi connectivity index (χ2v) is 19.0. The van der Waals surface area contributed by atoms with Crippen molar-refractivity contribution in [2.24, 2.45) is 4.40 Å². The third kappa shape index (κ3) is 6.95. The number of imidazole rings is 1. The summed E-state index contributed by atoms with van der Waals surface area (Å²) in [6.45, 7) is 17.5. The fourth-order valence-corrected chi connectivity index (χ4v) is 5.23. The standard InChI is InChI=1S/C28H38N4O3SSi/c1-19-14-20(2)25(24(15-19)34-6)26(31-36(33)28(3,4)5)27-30-22-16-21(17-29)10-11-23(22)32(27)18-35-12-13-37(7,8)9/h10-11,14-16H,12-13,18H2,1-9H3. The van der Waals surface area contributed by atoms with Gasteiger partial charge in [0.15, 0.2) is 5.82 Å². The molecule has 1 unspecified atom stereocenters. The van der Waals surface area contributed by atoms with Crippen LogP contribution in [0.3, 0.4) is 0 Å². The number of nitrogens with zero attached hydrogens (tertiary/aromatic N) is 4. The average Bonchev–Trinajstić information content (AvgIpc) is 3.16. The number of fused-ring (bicyclic) bond motifs is 1. The molecule has 1 heterocycles. The number of rotatable bonds is 9. The van der Waals surface area contributed by atoms with Gasteiger partial charge in [0.05, 0.1) is 34.5 Å². The molecular weight excluding hydrogens is 500 g/mol.